The van der Waals surface area contributed by atoms with Crippen molar-refractivity contribution in [3.8, 4) is 0 Å². The van der Waals surface area contributed by atoms with Crippen molar-refractivity contribution in [1.82, 2.24) is 10.2 Å². The second-order valence-corrected chi connectivity index (χ2v) is 4.34. The van der Waals surface area contributed by atoms with E-state index in [1.54, 1.807) is 0 Å². The SMILES string of the molecule is CC(C)CN1C[C@@H]2C[C@H]1CN2. The van der Waals surface area contributed by atoms with Gasteiger partial charge in [0.15, 0.2) is 0 Å². The zero-order valence-electron chi connectivity index (χ0n) is 7.51. The third-order valence-electron chi connectivity index (χ3n) is 2.77. The van der Waals surface area contributed by atoms with Crippen LogP contribution < -0.4 is 5.32 Å². The molecule has 64 valence electrons. The number of nitrogens with one attached hydrogen (secondary N) is 1. The second-order valence-electron chi connectivity index (χ2n) is 4.34. The molecule has 2 atom stereocenters. The maximum Gasteiger partial charge on any atom is 0.0236 e. The molecule has 2 saturated heterocycles. The number of likely N-dealkylation sites (tertiary alicyclic amines) is 1. The third-order valence-corrected chi connectivity index (χ3v) is 2.77. The molecule has 0 unspecified atom stereocenters. The van der Waals surface area contributed by atoms with E-state index in [1.165, 1.54) is 26.1 Å². The van der Waals surface area contributed by atoms with Crippen molar-refractivity contribution < 1.29 is 0 Å². The van der Waals surface area contributed by atoms with E-state index in [1.807, 2.05) is 0 Å². The number of hydrogen-bond acceptors (Lipinski definition) is 2. The van der Waals surface area contributed by atoms with Crippen LogP contribution in [-0.2, 0) is 0 Å². The van der Waals surface area contributed by atoms with Crippen LogP contribution in [0.25, 0.3) is 0 Å². The first-order valence-corrected chi connectivity index (χ1v) is 4.73. The Bertz CT molecular complexity index is 144. The van der Waals surface area contributed by atoms with Gasteiger partial charge in [-0.15, -0.1) is 0 Å². The lowest BCUT2D eigenvalue weighted by atomic mass is 10.2. The van der Waals surface area contributed by atoms with Crippen LogP contribution in [-0.4, -0.2) is 36.6 Å². The normalized spacial score (nSPS) is 37.4. The standard InChI is InChI=1S/C9H18N2/c1-7(2)5-11-6-8-3-9(11)4-10-8/h7-10H,3-6H2,1-2H3/t8-,9-/m0/s1. The van der Waals surface area contributed by atoms with E-state index in [-0.39, 0.29) is 0 Å². The highest BCUT2D eigenvalue weighted by Crippen LogP contribution is 2.23. The molecule has 0 saturated carbocycles. The zero-order valence-corrected chi connectivity index (χ0v) is 7.51. The number of nitrogens with zero attached hydrogens (tertiary/aromatic N) is 1. The molecule has 2 rings (SSSR count). The minimum Gasteiger partial charge on any atom is -0.311 e. The molecule has 0 spiro atoms. The van der Waals surface area contributed by atoms with Gasteiger partial charge in [-0.3, -0.25) is 4.90 Å². The first kappa shape index (κ1) is 7.56. The van der Waals surface area contributed by atoms with Crippen molar-refractivity contribution in [2.45, 2.75) is 32.4 Å². The predicted molar refractivity (Wildman–Crippen MR) is 46.6 cm³/mol. The maximum atomic E-state index is 3.52. The Labute approximate surface area is 69.0 Å². The Hall–Kier alpha value is -0.0800. The quantitative estimate of drug-likeness (QED) is 0.629. The smallest absolute Gasteiger partial charge is 0.0236 e. The topological polar surface area (TPSA) is 15.3 Å². The summed E-state index contributed by atoms with van der Waals surface area (Å²) >= 11 is 0. The number of hydrogen-bond donors (Lipinski definition) is 1. The molecule has 2 aliphatic heterocycles. The first-order chi connectivity index (χ1) is 5.25. The molecule has 11 heavy (non-hydrogen) atoms. The average molecular weight is 154 g/mol. The average Bonchev–Trinajstić information content (AvgIpc) is 2.45. The van der Waals surface area contributed by atoms with Crippen LogP contribution in [0.4, 0.5) is 0 Å². The number of piperazine rings is 1. The molecule has 2 heterocycles. The Morgan fingerprint density at radius 3 is 2.82 bits per heavy atom. The van der Waals surface area contributed by atoms with Crippen LogP contribution in [0.15, 0.2) is 0 Å². The third kappa shape index (κ3) is 1.42. The van der Waals surface area contributed by atoms with Gasteiger partial charge in [0.2, 0.25) is 0 Å². The van der Waals surface area contributed by atoms with Crippen molar-refractivity contribution in [1.29, 1.82) is 0 Å². The number of fused-ring (bicyclic) bond motifs is 2. The minimum atomic E-state index is 0.818. The van der Waals surface area contributed by atoms with E-state index in [2.05, 4.69) is 24.1 Å². The van der Waals surface area contributed by atoms with Crippen molar-refractivity contribution in [3.05, 3.63) is 0 Å². The van der Waals surface area contributed by atoms with Crippen LogP contribution in [0.3, 0.4) is 0 Å². The molecule has 2 fully saturated rings. The van der Waals surface area contributed by atoms with Gasteiger partial charge in [0.1, 0.15) is 0 Å². The predicted octanol–water partition coefficient (Wildman–Crippen LogP) is 0.688. The fourth-order valence-corrected chi connectivity index (χ4v) is 2.34. The van der Waals surface area contributed by atoms with Gasteiger partial charge in [-0.05, 0) is 12.3 Å². The molecule has 0 aliphatic carbocycles. The van der Waals surface area contributed by atoms with Crippen molar-refractivity contribution >= 4 is 0 Å². The highest BCUT2D eigenvalue weighted by molar-refractivity contribution is 4.97. The summed E-state index contributed by atoms with van der Waals surface area (Å²) in [6.45, 7) is 8.43. The highest BCUT2D eigenvalue weighted by Gasteiger charge is 2.37. The van der Waals surface area contributed by atoms with Crippen molar-refractivity contribution in [3.63, 3.8) is 0 Å². The lowest BCUT2D eigenvalue weighted by molar-refractivity contribution is 0.203. The van der Waals surface area contributed by atoms with Gasteiger partial charge in [-0.25, -0.2) is 0 Å². The number of rotatable bonds is 2. The van der Waals surface area contributed by atoms with E-state index in [0.717, 1.165) is 18.0 Å². The molecule has 2 bridgehead atoms. The van der Waals surface area contributed by atoms with Gasteiger partial charge in [-0.2, -0.15) is 0 Å². The van der Waals surface area contributed by atoms with E-state index in [0.29, 0.717) is 0 Å². The van der Waals surface area contributed by atoms with Crippen LogP contribution in [0.1, 0.15) is 20.3 Å². The minimum absolute atomic E-state index is 0.818. The summed E-state index contributed by atoms with van der Waals surface area (Å²) in [6, 6.07) is 1.68. The molecule has 2 nitrogen and oxygen atoms in total. The lowest BCUT2D eigenvalue weighted by Crippen LogP contribution is -2.44. The van der Waals surface area contributed by atoms with Crippen LogP contribution in [0.5, 0.6) is 0 Å². The van der Waals surface area contributed by atoms with Gasteiger partial charge >= 0.3 is 0 Å². The van der Waals surface area contributed by atoms with E-state index in [4.69, 9.17) is 0 Å². The Morgan fingerprint density at radius 2 is 2.36 bits per heavy atom. The highest BCUT2D eigenvalue weighted by atomic mass is 15.3. The molecule has 0 aromatic rings. The Kier molecular flexibility index (Phi) is 1.90. The van der Waals surface area contributed by atoms with Gasteiger partial charge in [0.25, 0.3) is 0 Å². The lowest BCUT2D eigenvalue weighted by Gasteiger charge is -2.28. The summed E-state index contributed by atoms with van der Waals surface area (Å²) in [7, 11) is 0. The molecular weight excluding hydrogens is 136 g/mol. The van der Waals surface area contributed by atoms with Gasteiger partial charge in [0, 0.05) is 31.7 Å². The summed E-state index contributed by atoms with van der Waals surface area (Å²) in [5, 5.41) is 3.52. The van der Waals surface area contributed by atoms with Gasteiger partial charge < -0.3 is 5.32 Å². The molecule has 0 radical (unpaired) electrons. The van der Waals surface area contributed by atoms with Crippen LogP contribution >= 0.6 is 0 Å². The van der Waals surface area contributed by atoms with E-state index >= 15 is 0 Å². The van der Waals surface area contributed by atoms with Crippen molar-refractivity contribution in [2.75, 3.05) is 19.6 Å². The monoisotopic (exact) mass is 154 g/mol. The molecule has 2 heteroatoms. The second kappa shape index (κ2) is 2.76. The van der Waals surface area contributed by atoms with Gasteiger partial charge in [0.05, 0.1) is 0 Å². The molecule has 2 aliphatic rings. The van der Waals surface area contributed by atoms with E-state index < -0.39 is 0 Å². The Morgan fingerprint density at radius 1 is 1.55 bits per heavy atom. The zero-order chi connectivity index (χ0) is 7.84. The summed E-state index contributed by atoms with van der Waals surface area (Å²) in [4.78, 5) is 2.64. The van der Waals surface area contributed by atoms with Crippen LogP contribution in [0.2, 0.25) is 0 Å². The molecule has 0 aromatic heterocycles. The fourth-order valence-electron chi connectivity index (χ4n) is 2.34. The fraction of sp³-hybridized carbons (Fsp3) is 1.00. The van der Waals surface area contributed by atoms with E-state index in [9.17, 15) is 0 Å². The largest absolute Gasteiger partial charge is 0.311 e. The summed E-state index contributed by atoms with van der Waals surface area (Å²) in [5.74, 6) is 0.828. The molecule has 0 amide bonds. The van der Waals surface area contributed by atoms with Crippen molar-refractivity contribution in [2.24, 2.45) is 5.92 Å². The molecule has 0 aromatic carbocycles. The summed E-state index contributed by atoms with van der Waals surface area (Å²) in [6.07, 6.45) is 1.40. The maximum absolute atomic E-state index is 3.52. The molecular formula is C9H18N2. The molecule has 1 N–H and O–H groups in total. The summed E-state index contributed by atoms with van der Waals surface area (Å²) in [5.41, 5.74) is 0. The first-order valence-electron chi connectivity index (χ1n) is 4.73. The van der Waals surface area contributed by atoms with Crippen LogP contribution in [0, 0.1) is 5.92 Å². The Balaban J connectivity index is 1.87. The summed E-state index contributed by atoms with van der Waals surface area (Å²) < 4.78 is 0. The van der Waals surface area contributed by atoms with Gasteiger partial charge in [-0.1, -0.05) is 13.8 Å².